The van der Waals surface area contributed by atoms with Gasteiger partial charge in [-0.25, -0.2) is 0 Å². The Morgan fingerprint density at radius 3 is 2.71 bits per heavy atom. The molecular weight excluding hydrogens is 286 g/mol. The Morgan fingerprint density at radius 1 is 1.14 bits per heavy atom. The maximum Gasteiger partial charge on any atom is 0.179 e. The molecule has 0 fully saturated rings. The topological polar surface area (TPSA) is 42.1 Å². The Balaban J connectivity index is 1.84. The predicted molar refractivity (Wildman–Crippen MR) is 84.1 cm³/mol. The van der Waals surface area contributed by atoms with Gasteiger partial charge in [0.15, 0.2) is 5.78 Å². The van der Waals surface area contributed by atoms with Crippen molar-refractivity contribution in [3.05, 3.63) is 65.9 Å². The smallest absolute Gasteiger partial charge is 0.179 e. The Kier molecular flexibility index (Phi) is 3.93. The highest BCUT2D eigenvalue weighted by Gasteiger charge is 2.11. The lowest BCUT2D eigenvalue weighted by Gasteiger charge is -2.06. The molecule has 0 saturated carbocycles. The van der Waals surface area contributed by atoms with Crippen LogP contribution in [0.4, 0.5) is 0 Å². The SMILES string of the molecule is O=C(CCl)c1c[nH]c2ccc(OCc3ccccc3)cc12. The average molecular weight is 300 g/mol. The molecule has 0 spiro atoms. The molecule has 1 aromatic heterocycles. The Hall–Kier alpha value is -2.26. The molecule has 0 aliphatic heterocycles. The number of carbonyl (C=O) groups excluding carboxylic acids is 1. The maximum absolute atomic E-state index is 11.8. The second kappa shape index (κ2) is 6.02. The van der Waals surface area contributed by atoms with Crippen LogP contribution < -0.4 is 4.74 Å². The maximum atomic E-state index is 11.8. The van der Waals surface area contributed by atoms with Crippen molar-refractivity contribution in [1.82, 2.24) is 4.98 Å². The predicted octanol–water partition coefficient (Wildman–Crippen LogP) is 4.17. The summed E-state index contributed by atoms with van der Waals surface area (Å²) in [7, 11) is 0. The second-order valence-electron chi connectivity index (χ2n) is 4.74. The molecule has 0 radical (unpaired) electrons. The minimum atomic E-state index is -0.0943. The van der Waals surface area contributed by atoms with Crippen LogP contribution in [0.1, 0.15) is 15.9 Å². The molecule has 0 aliphatic rings. The molecule has 4 heteroatoms. The first-order valence-corrected chi connectivity index (χ1v) is 7.18. The number of H-pyrrole nitrogens is 1. The number of fused-ring (bicyclic) bond motifs is 1. The van der Waals surface area contributed by atoms with E-state index >= 15 is 0 Å². The van der Waals surface area contributed by atoms with Gasteiger partial charge in [0.25, 0.3) is 0 Å². The Bertz CT molecular complexity index is 765. The van der Waals surface area contributed by atoms with E-state index in [0.29, 0.717) is 12.2 Å². The summed E-state index contributed by atoms with van der Waals surface area (Å²) in [6.07, 6.45) is 1.69. The van der Waals surface area contributed by atoms with Crippen molar-refractivity contribution in [2.75, 3.05) is 5.88 Å². The van der Waals surface area contributed by atoms with Crippen LogP contribution in [0.25, 0.3) is 10.9 Å². The molecule has 21 heavy (non-hydrogen) atoms. The van der Waals surface area contributed by atoms with Crippen LogP contribution in [0.15, 0.2) is 54.7 Å². The number of rotatable bonds is 5. The van der Waals surface area contributed by atoms with Gasteiger partial charge in [-0.05, 0) is 23.8 Å². The third-order valence-electron chi connectivity index (χ3n) is 3.32. The van der Waals surface area contributed by atoms with Gasteiger partial charge in [0.05, 0.1) is 5.88 Å². The molecule has 1 heterocycles. The van der Waals surface area contributed by atoms with Gasteiger partial charge in [-0.15, -0.1) is 11.6 Å². The Morgan fingerprint density at radius 2 is 1.95 bits per heavy atom. The number of aromatic amines is 1. The van der Waals surface area contributed by atoms with E-state index in [1.54, 1.807) is 6.20 Å². The van der Waals surface area contributed by atoms with Crippen molar-refractivity contribution in [3.8, 4) is 5.75 Å². The van der Waals surface area contributed by atoms with Crippen molar-refractivity contribution in [3.63, 3.8) is 0 Å². The summed E-state index contributed by atoms with van der Waals surface area (Å²) in [5.74, 6) is 0.611. The van der Waals surface area contributed by atoms with Crippen LogP contribution in [0.3, 0.4) is 0 Å². The highest BCUT2D eigenvalue weighted by atomic mass is 35.5. The van der Waals surface area contributed by atoms with Gasteiger partial charge in [0, 0.05) is 22.7 Å². The number of hydrogen-bond donors (Lipinski definition) is 1. The summed E-state index contributed by atoms with van der Waals surface area (Å²) in [5.41, 5.74) is 2.60. The molecule has 2 aromatic carbocycles. The van der Waals surface area contributed by atoms with Crippen LogP contribution in [-0.4, -0.2) is 16.6 Å². The number of carbonyl (C=O) groups is 1. The van der Waals surface area contributed by atoms with Gasteiger partial charge in [0.1, 0.15) is 12.4 Å². The summed E-state index contributed by atoms with van der Waals surface area (Å²) in [4.78, 5) is 14.9. The quantitative estimate of drug-likeness (QED) is 0.567. The van der Waals surface area contributed by atoms with Crippen LogP contribution in [0.5, 0.6) is 5.75 Å². The highest BCUT2D eigenvalue weighted by molar-refractivity contribution is 6.32. The number of hydrogen-bond acceptors (Lipinski definition) is 2. The zero-order chi connectivity index (χ0) is 14.7. The lowest BCUT2D eigenvalue weighted by Crippen LogP contribution is -1.99. The average Bonchev–Trinajstić information content (AvgIpc) is 2.96. The molecule has 0 bridgehead atoms. The number of halogens is 1. The van der Waals surface area contributed by atoms with E-state index in [9.17, 15) is 4.79 Å². The van der Waals surface area contributed by atoms with E-state index in [1.165, 1.54) is 0 Å². The lowest BCUT2D eigenvalue weighted by atomic mass is 10.1. The van der Waals surface area contributed by atoms with Crippen molar-refractivity contribution in [2.45, 2.75) is 6.61 Å². The summed E-state index contributed by atoms with van der Waals surface area (Å²) < 4.78 is 5.78. The van der Waals surface area contributed by atoms with Crippen molar-refractivity contribution < 1.29 is 9.53 Å². The molecule has 3 nitrogen and oxygen atoms in total. The highest BCUT2D eigenvalue weighted by Crippen LogP contribution is 2.25. The number of aromatic nitrogens is 1. The van der Waals surface area contributed by atoms with Crippen LogP contribution >= 0.6 is 11.6 Å². The fourth-order valence-corrected chi connectivity index (χ4v) is 2.38. The molecule has 0 amide bonds. The molecule has 3 rings (SSSR count). The van der Waals surface area contributed by atoms with E-state index in [2.05, 4.69) is 4.98 Å². The molecule has 3 aromatic rings. The first kappa shape index (κ1) is 13.7. The fourth-order valence-electron chi connectivity index (χ4n) is 2.23. The van der Waals surface area contributed by atoms with Crippen LogP contribution in [0, 0.1) is 0 Å². The Labute approximate surface area is 127 Å². The number of benzene rings is 2. The summed E-state index contributed by atoms with van der Waals surface area (Å²) in [6, 6.07) is 15.6. The molecule has 1 N–H and O–H groups in total. The molecule has 0 unspecified atom stereocenters. The number of Topliss-reactive ketones (excluding diaryl/α,β-unsaturated/α-hetero) is 1. The number of ether oxygens (including phenoxy) is 1. The molecule has 106 valence electrons. The fraction of sp³-hybridized carbons (Fsp3) is 0.118. The number of alkyl halides is 1. The first-order chi connectivity index (χ1) is 10.3. The van der Waals surface area contributed by atoms with Crippen molar-refractivity contribution in [1.29, 1.82) is 0 Å². The van der Waals surface area contributed by atoms with Gasteiger partial charge < -0.3 is 9.72 Å². The van der Waals surface area contributed by atoms with Crippen LogP contribution in [-0.2, 0) is 6.61 Å². The molecule has 0 saturated heterocycles. The minimum Gasteiger partial charge on any atom is -0.489 e. The first-order valence-electron chi connectivity index (χ1n) is 6.65. The molecular formula is C17H14ClNO2. The van der Waals surface area contributed by atoms with E-state index in [-0.39, 0.29) is 11.7 Å². The zero-order valence-corrected chi connectivity index (χ0v) is 12.1. The van der Waals surface area contributed by atoms with Crippen LogP contribution in [0.2, 0.25) is 0 Å². The van der Waals surface area contributed by atoms with Gasteiger partial charge in [-0.2, -0.15) is 0 Å². The van der Waals surface area contributed by atoms with E-state index in [4.69, 9.17) is 16.3 Å². The number of nitrogens with one attached hydrogen (secondary N) is 1. The standard InChI is InChI=1S/C17H14ClNO2/c18-9-17(20)15-10-19-16-7-6-13(8-14(15)16)21-11-12-4-2-1-3-5-12/h1-8,10,19H,9,11H2. The summed E-state index contributed by atoms with van der Waals surface area (Å²) >= 11 is 5.63. The summed E-state index contributed by atoms with van der Waals surface area (Å²) in [5, 5.41) is 0.839. The largest absolute Gasteiger partial charge is 0.489 e. The van der Waals surface area contributed by atoms with Gasteiger partial charge in [0.2, 0.25) is 0 Å². The van der Waals surface area contributed by atoms with E-state index in [0.717, 1.165) is 22.2 Å². The normalized spacial score (nSPS) is 10.7. The monoisotopic (exact) mass is 299 g/mol. The minimum absolute atomic E-state index is 0.0257. The number of ketones is 1. The van der Waals surface area contributed by atoms with Crippen molar-refractivity contribution >= 4 is 28.3 Å². The van der Waals surface area contributed by atoms with E-state index in [1.807, 2.05) is 48.5 Å². The lowest BCUT2D eigenvalue weighted by molar-refractivity contribution is 0.102. The van der Waals surface area contributed by atoms with Gasteiger partial charge >= 0.3 is 0 Å². The van der Waals surface area contributed by atoms with Gasteiger partial charge in [-0.1, -0.05) is 30.3 Å². The second-order valence-corrected chi connectivity index (χ2v) is 5.01. The molecule has 0 atom stereocenters. The van der Waals surface area contributed by atoms with E-state index < -0.39 is 0 Å². The zero-order valence-electron chi connectivity index (χ0n) is 11.3. The third-order valence-corrected chi connectivity index (χ3v) is 3.57. The third kappa shape index (κ3) is 2.93. The van der Waals surface area contributed by atoms with Gasteiger partial charge in [-0.3, -0.25) is 4.79 Å². The molecule has 0 aliphatic carbocycles. The summed E-state index contributed by atoms with van der Waals surface area (Å²) in [6.45, 7) is 0.496. The van der Waals surface area contributed by atoms with Crippen molar-refractivity contribution in [2.24, 2.45) is 0 Å².